The van der Waals surface area contributed by atoms with Crippen molar-refractivity contribution >= 4 is 28.9 Å². The largest absolute Gasteiger partial charge is 0.462 e. The van der Waals surface area contributed by atoms with E-state index in [0.29, 0.717) is 23.5 Å². The molecule has 2 aromatic rings. The molecule has 0 bridgehead atoms. The van der Waals surface area contributed by atoms with Crippen LogP contribution in [-0.2, 0) is 14.3 Å². The highest BCUT2D eigenvalue weighted by Gasteiger charge is 2.60. The Morgan fingerprint density at radius 3 is 2.68 bits per heavy atom. The number of carbonyl (C=O) groups is 2. The van der Waals surface area contributed by atoms with Crippen molar-refractivity contribution in [1.82, 2.24) is 4.57 Å². The molecular formula is C30H35NO3. The Balaban J connectivity index is 1.30. The van der Waals surface area contributed by atoms with Gasteiger partial charge < -0.3 is 9.30 Å². The molecule has 0 spiro atoms. The molecule has 4 heteroatoms. The fourth-order valence-corrected chi connectivity index (χ4v) is 8.13. The predicted octanol–water partition coefficient (Wildman–Crippen LogP) is 6.56. The van der Waals surface area contributed by atoms with Gasteiger partial charge in [0.05, 0.1) is 5.52 Å². The number of para-hydroxylation sites is 1. The first-order valence-corrected chi connectivity index (χ1v) is 13.0. The summed E-state index contributed by atoms with van der Waals surface area (Å²) in [6, 6.07) is 10.5. The smallest absolute Gasteiger partial charge is 0.302 e. The number of aromatic nitrogens is 1. The minimum atomic E-state index is -0.243. The molecule has 1 heterocycles. The Hall–Kier alpha value is -2.62. The number of rotatable bonds is 2. The second-order valence-corrected chi connectivity index (χ2v) is 11.7. The molecule has 1 aromatic heterocycles. The SMILES string of the molecule is CC(=O)O[C@H]1CC[C@@]2(C)C(=CC[C@@H]3[C@@H]2CC[C@]2(C)C(=O)/C(=C\n4ccc5ccccc54)C[C@@H]32)C1. The molecule has 6 atom stereocenters. The third kappa shape index (κ3) is 3.17. The van der Waals surface area contributed by atoms with Crippen molar-refractivity contribution in [2.24, 2.45) is 28.6 Å². The lowest BCUT2D eigenvalue weighted by Gasteiger charge is -2.56. The summed E-state index contributed by atoms with van der Waals surface area (Å²) in [7, 11) is 0. The first-order valence-electron chi connectivity index (χ1n) is 13.0. The fourth-order valence-electron chi connectivity index (χ4n) is 8.13. The van der Waals surface area contributed by atoms with Crippen LogP contribution in [0.1, 0.15) is 65.7 Å². The van der Waals surface area contributed by atoms with E-state index >= 15 is 0 Å². The third-order valence-corrected chi connectivity index (χ3v) is 9.96. The van der Waals surface area contributed by atoms with Crippen molar-refractivity contribution in [3.8, 4) is 0 Å². The van der Waals surface area contributed by atoms with E-state index < -0.39 is 0 Å². The Kier molecular flexibility index (Phi) is 4.95. The lowest BCUT2D eigenvalue weighted by Crippen LogP contribution is -2.50. The molecule has 0 aliphatic heterocycles. The third-order valence-electron chi connectivity index (χ3n) is 9.96. The zero-order valence-corrected chi connectivity index (χ0v) is 20.5. The van der Waals surface area contributed by atoms with Crippen LogP contribution in [0.25, 0.3) is 17.1 Å². The van der Waals surface area contributed by atoms with Gasteiger partial charge in [0.25, 0.3) is 0 Å². The zero-order valence-electron chi connectivity index (χ0n) is 20.5. The van der Waals surface area contributed by atoms with Crippen LogP contribution in [0.3, 0.4) is 0 Å². The number of fused-ring (bicyclic) bond motifs is 6. The monoisotopic (exact) mass is 457 g/mol. The van der Waals surface area contributed by atoms with E-state index in [1.165, 1.54) is 17.9 Å². The highest BCUT2D eigenvalue weighted by molar-refractivity contribution is 6.05. The van der Waals surface area contributed by atoms with Crippen LogP contribution in [0.15, 0.2) is 53.8 Å². The van der Waals surface area contributed by atoms with Crippen LogP contribution >= 0.6 is 0 Å². The van der Waals surface area contributed by atoms with Crippen LogP contribution in [-0.4, -0.2) is 22.4 Å². The molecule has 0 amide bonds. The average molecular weight is 458 g/mol. The van der Waals surface area contributed by atoms with E-state index in [1.54, 1.807) is 0 Å². The second-order valence-electron chi connectivity index (χ2n) is 11.7. The van der Waals surface area contributed by atoms with Gasteiger partial charge in [0.15, 0.2) is 5.78 Å². The van der Waals surface area contributed by atoms with E-state index in [2.05, 4.69) is 67.2 Å². The number of hydrogen-bond donors (Lipinski definition) is 0. The van der Waals surface area contributed by atoms with Crippen molar-refractivity contribution in [3.05, 3.63) is 53.8 Å². The zero-order chi connectivity index (χ0) is 23.7. The standard InChI is InChI=1S/C30H35NO3/c1-19(32)34-23-10-13-29(2)22(17-23)8-9-24-25(29)11-14-30(3)26(24)16-21(28(30)33)18-31-15-12-20-6-4-5-7-27(20)31/h4-8,12,15,18,23-26H,9-11,13-14,16-17H2,1-3H3/b21-18-/t23-,24+,25-,26-,29-,30-/m0/s1. The Labute approximate surface area is 202 Å². The molecule has 3 fully saturated rings. The summed E-state index contributed by atoms with van der Waals surface area (Å²) >= 11 is 0. The molecule has 4 aliphatic carbocycles. The first-order chi connectivity index (χ1) is 16.3. The quantitative estimate of drug-likeness (QED) is 0.292. The van der Waals surface area contributed by atoms with Crippen molar-refractivity contribution < 1.29 is 14.3 Å². The molecular weight excluding hydrogens is 422 g/mol. The van der Waals surface area contributed by atoms with Crippen LogP contribution in [0.5, 0.6) is 0 Å². The number of Topliss-reactive ketones (excluding diaryl/α,β-unsaturated/α-hetero) is 1. The summed E-state index contributed by atoms with van der Waals surface area (Å²) in [5.74, 6) is 1.77. The van der Waals surface area contributed by atoms with E-state index in [-0.39, 0.29) is 22.9 Å². The number of ketones is 1. The van der Waals surface area contributed by atoms with Gasteiger partial charge in [-0.15, -0.1) is 0 Å². The maximum absolute atomic E-state index is 13.8. The molecule has 6 rings (SSSR count). The van der Waals surface area contributed by atoms with Gasteiger partial charge in [-0.2, -0.15) is 0 Å². The van der Waals surface area contributed by atoms with Crippen LogP contribution in [0, 0.1) is 28.6 Å². The van der Waals surface area contributed by atoms with Crippen molar-refractivity contribution in [1.29, 1.82) is 0 Å². The number of nitrogens with zero attached hydrogens (tertiary/aromatic N) is 1. The maximum Gasteiger partial charge on any atom is 0.302 e. The summed E-state index contributed by atoms with van der Waals surface area (Å²) < 4.78 is 7.72. The average Bonchev–Trinajstić information content (AvgIpc) is 3.33. The maximum atomic E-state index is 13.8. The van der Waals surface area contributed by atoms with Gasteiger partial charge in [0.1, 0.15) is 6.10 Å². The molecule has 3 saturated carbocycles. The summed E-state index contributed by atoms with van der Waals surface area (Å²) in [4.78, 5) is 25.3. The molecule has 0 unspecified atom stereocenters. The van der Waals surface area contributed by atoms with Gasteiger partial charge in [-0.3, -0.25) is 9.59 Å². The van der Waals surface area contributed by atoms with Crippen LogP contribution in [0.2, 0.25) is 0 Å². The minimum absolute atomic E-state index is 0.0289. The first kappa shape index (κ1) is 21.9. The molecule has 34 heavy (non-hydrogen) atoms. The summed E-state index contributed by atoms with van der Waals surface area (Å²) in [6.45, 7) is 6.20. The van der Waals surface area contributed by atoms with Gasteiger partial charge in [-0.25, -0.2) is 0 Å². The topological polar surface area (TPSA) is 48.3 Å². The van der Waals surface area contributed by atoms with Gasteiger partial charge in [-0.1, -0.05) is 43.7 Å². The van der Waals surface area contributed by atoms with E-state index in [4.69, 9.17) is 4.74 Å². The number of benzene rings is 1. The normalized spacial score (nSPS) is 38.3. The minimum Gasteiger partial charge on any atom is -0.462 e. The summed E-state index contributed by atoms with van der Waals surface area (Å²) in [6.07, 6.45) is 13.6. The molecule has 1 aromatic carbocycles. The predicted molar refractivity (Wildman–Crippen MR) is 134 cm³/mol. The fraction of sp³-hybridized carbons (Fsp3) is 0.533. The van der Waals surface area contributed by atoms with Crippen molar-refractivity contribution in [2.45, 2.75) is 71.8 Å². The second kappa shape index (κ2) is 7.69. The molecule has 178 valence electrons. The van der Waals surface area contributed by atoms with E-state index in [0.717, 1.165) is 56.0 Å². The molecule has 0 N–H and O–H groups in total. The van der Waals surface area contributed by atoms with Crippen molar-refractivity contribution in [2.75, 3.05) is 0 Å². The van der Waals surface area contributed by atoms with Crippen LogP contribution in [0.4, 0.5) is 0 Å². The van der Waals surface area contributed by atoms with E-state index in [1.807, 2.05) is 0 Å². The molecule has 0 saturated heterocycles. The van der Waals surface area contributed by atoms with Gasteiger partial charge in [-0.05, 0) is 79.2 Å². The molecule has 0 radical (unpaired) electrons. The summed E-state index contributed by atoms with van der Waals surface area (Å²) in [5, 5.41) is 1.20. The van der Waals surface area contributed by atoms with Gasteiger partial charge >= 0.3 is 5.97 Å². The van der Waals surface area contributed by atoms with Gasteiger partial charge in [0.2, 0.25) is 0 Å². The Morgan fingerprint density at radius 2 is 1.85 bits per heavy atom. The van der Waals surface area contributed by atoms with Gasteiger partial charge in [0, 0.05) is 36.7 Å². The summed E-state index contributed by atoms with van der Waals surface area (Å²) in [5.41, 5.74) is 3.57. The number of hydrogen-bond acceptors (Lipinski definition) is 3. The van der Waals surface area contributed by atoms with Crippen LogP contribution < -0.4 is 0 Å². The Bertz CT molecular complexity index is 1230. The highest BCUT2D eigenvalue weighted by atomic mass is 16.5. The lowest BCUT2D eigenvalue weighted by molar-refractivity contribution is -0.148. The molecule has 4 nitrogen and oxygen atoms in total. The number of carbonyl (C=O) groups excluding carboxylic acids is 2. The molecule has 4 aliphatic rings. The number of esters is 1. The number of allylic oxidation sites excluding steroid dienone is 2. The lowest BCUT2D eigenvalue weighted by atomic mass is 9.48. The Morgan fingerprint density at radius 1 is 1.06 bits per heavy atom. The van der Waals surface area contributed by atoms with E-state index in [9.17, 15) is 9.59 Å². The number of ether oxygens (including phenoxy) is 1. The van der Waals surface area contributed by atoms with Crippen molar-refractivity contribution in [3.63, 3.8) is 0 Å². The highest BCUT2D eigenvalue weighted by Crippen LogP contribution is 2.64.